The highest BCUT2D eigenvalue weighted by molar-refractivity contribution is 5.85. The Balaban J connectivity index is 0.00000144. The summed E-state index contributed by atoms with van der Waals surface area (Å²) in [5, 5.41) is 19.8. The standard InChI is InChI=1S/C13H19NO2.ClH/c1-8-5-6-11(15)10(7-8)12(14)13(16)9-3-2-4-9;/h5-7,9,12-13,15-16H,2-4,14H2,1H3;1H/t12-,13+;/m1./s1. The number of phenolic OH excluding ortho intramolecular Hbond substituents is 1. The summed E-state index contributed by atoms with van der Waals surface area (Å²) in [6.45, 7) is 1.95. The van der Waals surface area contributed by atoms with Crippen molar-refractivity contribution in [3.8, 4) is 5.75 Å². The van der Waals surface area contributed by atoms with Crippen LogP contribution in [-0.4, -0.2) is 16.3 Å². The normalized spacial score (nSPS) is 19.0. The second-order valence-electron chi connectivity index (χ2n) is 4.77. The Hall–Kier alpha value is -0.770. The van der Waals surface area contributed by atoms with Crippen LogP contribution >= 0.6 is 12.4 Å². The Labute approximate surface area is 108 Å². The van der Waals surface area contributed by atoms with E-state index in [2.05, 4.69) is 0 Å². The second kappa shape index (κ2) is 5.71. The predicted octanol–water partition coefficient (Wildman–Crippen LogP) is 2.28. The SMILES string of the molecule is Cc1ccc(O)c([C@@H](N)[C@@H](O)C2CCC2)c1.Cl. The molecule has 2 rings (SSSR count). The summed E-state index contributed by atoms with van der Waals surface area (Å²) in [5.74, 6) is 0.478. The number of rotatable bonds is 3. The number of hydrogen-bond acceptors (Lipinski definition) is 3. The van der Waals surface area contributed by atoms with E-state index in [1.54, 1.807) is 6.07 Å². The number of benzene rings is 1. The minimum Gasteiger partial charge on any atom is -0.508 e. The third-order valence-corrected chi connectivity index (χ3v) is 3.54. The van der Waals surface area contributed by atoms with E-state index in [0.29, 0.717) is 11.5 Å². The van der Waals surface area contributed by atoms with Crippen LogP contribution in [0, 0.1) is 12.8 Å². The van der Waals surface area contributed by atoms with E-state index in [1.165, 1.54) is 6.42 Å². The Bertz CT molecular complexity index is 380. The molecule has 1 aliphatic carbocycles. The van der Waals surface area contributed by atoms with Gasteiger partial charge in [-0.05, 0) is 31.7 Å². The topological polar surface area (TPSA) is 66.5 Å². The highest BCUT2D eigenvalue weighted by atomic mass is 35.5. The molecule has 0 bridgehead atoms. The summed E-state index contributed by atoms with van der Waals surface area (Å²) in [4.78, 5) is 0. The fraction of sp³-hybridized carbons (Fsp3) is 0.538. The van der Waals surface area contributed by atoms with Crippen LogP contribution in [0.25, 0.3) is 0 Å². The lowest BCUT2D eigenvalue weighted by atomic mass is 9.77. The molecule has 0 aromatic heterocycles. The van der Waals surface area contributed by atoms with E-state index in [1.807, 2.05) is 19.1 Å². The van der Waals surface area contributed by atoms with Crippen molar-refractivity contribution in [3.63, 3.8) is 0 Å². The van der Waals surface area contributed by atoms with Crippen LogP contribution < -0.4 is 5.73 Å². The molecule has 0 spiro atoms. The lowest BCUT2D eigenvalue weighted by Gasteiger charge is -2.34. The number of aromatic hydroxyl groups is 1. The van der Waals surface area contributed by atoms with Crippen molar-refractivity contribution < 1.29 is 10.2 Å². The molecule has 1 aliphatic rings. The lowest BCUT2D eigenvalue weighted by Crippen LogP contribution is -2.36. The third-order valence-electron chi connectivity index (χ3n) is 3.54. The molecular weight excluding hydrogens is 238 g/mol. The minimum absolute atomic E-state index is 0. The van der Waals surface area contributed by atoms with Gasteiger partial charge in [-0.1, -0.05) is 24.1 Å². The largest absolute Gasteiger partial charge is 0.508 e. The average Bonchev–Trinajstić information content (AvgIpc) is 2.18. The Morgan fingerprint density at radius 2 is 2.00 bits per heavy atom. The second-order valence-corrected chi connectivity index (χ2v) is 4.77. The number of phenols is 1. The summed E-state index contributed by atoms with van der Waals surface area (Å²) in [5.41, 5.74) is 7.71. The molecular formula is C13H20ClNO2. The van der Waals surface area contributed by atoms with Gasteiger partial charge in [0.25, 0.3) is 0 Å². The molecule has 0 heterocycles. The lowest BCUT2D eigenvalue weighted by molar-refractivity contribution is 0.0407. The number of nitrogens with two attached hydrogens (primary N) is 1. The summed E-state index contributed by atoms with van der Waals surface area (Å²) < 4.78 is 0. The Morgan fingerprint density at radius 1 is 1.35 bits per heavy atom. The van der Waals surface area contributed by atoms with E-state index in [4.69, 9.17) is 5.73 Å². The van der Waals surface area contributed by atoms with Gasteiger partial charge in [0, 0.05) is 5.56 Å². The van der Waals surface area contributed by atoms with Gasteiger partial charge in [0.15, 0.2) is 0 Å². The number of hydrogen-bond donors (Lipinski definition) is 3. The van der Waals surface area contributed by atoms with E-state index < -0.39 is 12.1 Å². The van der Waals surface area contributed by atoms with Gasteiger partial charge >= 0.3 is 0 Å². The highest BCUT2D eigenvalue weighted by Gasteiger charge is 2.31. The molecule has 2 atom stereocenters. The number of halogens is 1. The van der Waals surface area contributed by atoms with E-state index in [-0.39, 0.29) is 18.2 Å². The van der Waals surface area contributed by atoms with Gasteiger partial charge in [-0.3, -0.25) is 0 Å². The van der Waals surface area contributed by atoms with Crippen molar-refractivity contribution in [2.24, 2.45) is 11.7 Å². The molecule has 0 radical (unpaired) electrons. The van der Waals surface area contributed by atoms with Crippen LogP contribution in [-0.2, 0) is 0 Å². The first-order valence-corrected chi connectivity index (χ1v) is 5.83. The summed E-state index contributed by atoms with van der Waals surface area (Å²) in [6, 6.07) is 4.84. The molecule has 0 unspecified atom stereocenters. The van der Waals surface area contributed by atoms with Gasteiger partial charge < -0.3 is 15.9 Å². The smallest absolute Gasteiger partial charge is 0.120 e. The van der Waals surface area contributed by atoms with Crippen molar-refractivity contribution in [2.45, 2.75) is 38.3 Å². The van der Waals surface area contributed by atoms with Crippen LogP contribution in [0.1, 0.15) is 36.4 Å². The minimum atomic E-state index is -0.540. The van der Waals surface area contributed by atoms with Crippen LogP contribution in [0.4, 0.5) is 0 Å². The van der Waals surface area contributed by atoms with Crippen molar-refractivity contribution in [3.05, 3.63) is 29.3 Å². The van der Waals surface area contributed by atoms with Crippen LogP contribution in [0.5, 0.6) is 5.75 Å². The molecule has 1 saturated carbocycles. The highest BCUT2D eigenvalue weighted by Crippen LogP contribution is 2.36. The van der Waals surface area contributed by atoms with Crippen molar-refractivity contribution in [1.29, 1.82) is 0 Å². The number of aryl methyl sites for hydroxylation is 1. The molecule has 96 valence electrons. The molecule has 1 aromatic carbocycles. The average molecular weight is 258 g/mol. The maximum atomic E-state index is 10.1. The molecule has 0 amide bonds. The fourth-order valence-corrected chi connectivity index (χ4v) is 2.20. The maximum Gasteiger partial charge on any atom is 0.120 e. The van der Waals surface area contributed by atoms with Crippen molar-refractivity contribution in [1.82, 2.24) is 0 Å². The van der Waals surface area contributed by atoms with Crippen LogP contribution in [0.15, 0.2) is 18.2 Å². The number of aliphatic hydroxyl groups is 1. The third kappa shape index (κ3) is 2.92. The molecule has 0 aliphatic heterocycles. The molecule has 3 nitrogen and oxygen atoms in total. The zero-order valence-corrected chi connectivity index (χ0v) is 10.8. The molecule has 4 N–H and O–H groups in total. The zero-order valence-electron chi connectivity index (χ0n) is 9.97. The van der Waals surface area contributed by atoms with Gasteiger partial charge in [0.2, 0.25) is 0 Å². The van der Waals surface area contributed by atoms with Gasteiger partial charge in [-0.2, -0.15) is 0 Å². The molecule has 4 heteroatoms. The molecule has 1 aromatic rings. The van der Waals surface area contributed by atoms with Gasteiger partial charge in [0.05, 0.1) is 12.1 Å². The molecule has 17 heavy (non-hydrogen) atoms. The zero-order chi connectivity index (χ0) is 11.7. The fourth-order valence-electron chi connectivity index (χ4n) is 2.20. The molecule has 0 saturated heterocycles. The number of aliphatic hydroxyl groups excluding tert-OH is 1. The predicted molar refractivity (Wildman–Crippen MR) is 70.4 cm³/mol. The summed E-state index contributed by atoms with van der Waals surface area (Å²) in [6.07, 6.45) is 2.72. The van der Waals surface area contributed by atoms with Gasteiger partial charge in [-0.15, -0.1) is 12.4 Å². The Morgan fingerprint density at radius 3 is 2.53 bits per heavy atom. The summed E-state index contributed by atoms with van der Waals surface area (Å²) >= 11 is 0. The Kier molecular flexibility index (Phi) is 4.80. The summed E-state index contributed by atoms with van der Waals surface area (Å²) in [7, 11) is 0. The van der Waals surface area contributed by atoms with Gasteiger partial charge in [-0.25, -0.2) is 0 Å². The first-order chi connectivity index (χ1) is 7.59. The van der Waals surface area contributed by atoms with Crippen LogP contribution in [0.2, 0.25) is 0 Å². The maximum absolute atomic E-state index is 10.1. The van der Waals surface area contributed by atoms with Gasteiger partial charge in [0.1, 0.15) is 5.75 Å². The van der Waals surface area contributed by atoms with E-state index in [9.17, 15) is 10.2 Å². The first kappa shape index (κ1) is 14.3. The monoisotopic (exact) mass is 257 g/mol. The quantitative estimate of drug-likeness (QED) is 0.778. The van der Waals surface area contributed by atoms with Crippen molar-refractivity contribution >= 4 is 12.4 Å². The van der Waals surface area contributed by atoms with E-state index >= 15 is 0 Å². The van der Waals surface area contributed by atoms with Crippen molar-refractivity contribution in [2.75, 3.05) is 0 Å². The molecule has 1 fully saturated rings. The first-order valence-electron chi connectivity index (χ1n) is 5.83. The van der Waals surface area contributed by atoms with Crippen LogP contribution in [0.3, 0.4) is 0 Å². The van der Waals surface area contributed by atoms with E-state index in [0.717, 1.165) is 18.4 Å².